The van der Waals surface area contributed by atoms with Gasteiger partial charge in [0.05, 0.1) is 12.6 Å². The lowest BCUT2D eigenvalue weighted by Gasteiger charge is -2.37. The second kappa shape index (κ2) is 11.4. The number of aryl methyl sites for hydroxylation is 2. The summed E-state index contributed by atoms with van der Waals surface area (Å²) in [6.45, 7) is 13.7. The Bertz CT molecular complexity index is 946. The molecule has 0 radical (unpaired) electrons. The van der Waals surface area contributed by atoms with E-state index in [4.69, 9.17) is 0 Å². The monoisotopic (exact) mass is 450 g/mol. The van der Waals surface area contributed by atoms with E-state index in [2.05, 4.69) is 40.3 Å². The van der Waals surface area contributed by atoms with Crippen LogP contribution in [0.1, 0.15) is 49.8 Å². The summed E-state index contributed by atoms with van der Waals surface area (Å²) in [6, 6.07) is 13.9. The van der Waals surface area contributed by atoms with Gasteiger partial charge in [0.25, 0.3) is 0 Å². The van der Waals surface area contributed by atoms with E-state index < -0.39 is 0 Å². The molecule has 1 aliphatic rings. The van der Waals surface area contributed by atoms with Gasteiger partial charge in [0.1, 0.15) is 0 Å². The topological polar surface area (TPSA) is 64.7 Å². The fourth-order valence-corrected chi connectivity index (χ4v) is 4.37. The summed E-state index contributed by atoms with van der Waals surface area (Å²) in [5.41, 5.74) is 5.14. The maximum Gasteiger partial charge on any atom is 0.241 e. The lowest BCUT2D eigenvalue weighted by atomic mass is 9.97. The van der Waals surface area contributed by atoms with Crippen molar-refractivity contribution in [3.05, 3.63) is 59.2 Å². The van der Waals surface area contributed by atoms with E-state index in [0.717, 1.165) is 55.1 Å². The second-order valence-electron chi connectivity index (χ2n) is 9.19. The zero-order valence-corrected chi connectivity index (χ0v) is 20.6. The van der Waals surface area contributed by atoms with Crippen LogP contribution >= 0.6 is 0 Å². The third-order valence-electron chi connectivity index (χ3n) is 6.81. The number of para-hydroxylation sites is 2. The average molecular weight is 451 g/mol. The first kappa shape index (κ1) is 24.9. The van der Waals surface area contributed by atoms with Crippen molar-refractivity contribution in [2.45, 2.75) is 53.0 Å². The van der Waals surface area contributed by atoms with Gasteiger partial charge in [-0.1, -0.05) is 50.2 Å². The van der Waals surface area contributed by atoms with E-state index in [0.29, 0.717) is 12.5 Å². The first-order chi connectivity index (χ1) is 15.8. The van der Waals surface area contributed by atoms with Gasteiger partial charge in [-0.2, -0.15) is 0 Å². The molecule has 2 atom stereocenters. The van der Waals surface area contributed by atoms with Crippen molar-refractivity contribution in [1.82, 2.24) is 9.80 Å². The van der Waals surface area contributed by atoms with Crippen molar-refractivity contribution >= 4 is 23.2 Å². The molecule has 0 unspecified atom stereocenters. The number of nitrogens with zero attached hydrogens (tertiary/aromatic N) is 2. The SMILES string of the molecule is CC[C@@H](C)c1ccccc1NC(=O)[C@@H](C)N1CCN(CC(=O)Nc2c(C)cccc2C)CC1. The van der Waals surface area contributed by atoms with Crippen LogP contribution < -0.4 is 10.6 Å². The molecular formula is C27H38N4O2. The predicted octanol–water partition coefficient (Wildman–Crippen LogP) is 4.40. The zero-order chi connectivity index (χ0) is 24.0. The molecule has 0 saturated carbocycles. The summed E-state index contributed by atoms with van der Waals surface area (Å²) < 4.78 is 0. The lowest BCUT2D eigenvalue weighted by molar-refractivity contribution is -0.122. The number of benzene rings is 2. The fourth-order valence-electron chi connectivity index (χ4n) is 4.37. The first-order valence-electron chi connectivity index (χ1n) is 12.0. The van der Waals surface area contributed by atoms with Crippen LogP contribution in [0.15, 0.2) is 42.5 Å². The highest BCUT2D eigenvalue weighted by molar-refractivity contribution is 5.95. The quantitative estimate of drug-likeness (QED) is 0.626. The molecule has 0 bridgehead atoms. The number of rotatable bonds is 8. The van der Waals surface area contributed by atoms with Gasteiger partial charge < -0.3 is 10.6 Å². The number of carbonyl (C=O) groups is 2. The molecule has 0 aliphatic carbocycles. The number of hydrogen-bond acceptors (Lipinski definition) is 4. The maximum absolute atomic E-state index is 13.0. The van der Waals surface area contributed by atoms with Crippen molar-refractivity contribution in [1.29, 1.82) is 0 Å². The van der Waals surface area contributed by atoms with Gasteiger partial charge >= 0.3 is 0 Å². The van der Waals surface area contributed by atoms with Crippen molar-refractivity contribution in [2.24, 2.45) is 0 Å². The van der Waals surface area contributed by atoms with E-state index in [-0.39, 0.29) is 17.9 Å². The van der Waals surface area contributed by atoms with E-state index in [1.165, 1.54) is 5.56 Å². The molecule has 2 aromatic carbocycles. The van der Waals surface area contributed by atoms with E-state index in [9.17, 15) is 9.59 Å². The molecule has 178 valence electrons. The highest BCUT2D eigenvalue weighted by Crippen LogP contribution is 2.27. The Morgan fingerprint density at radius 2 is 1.55 bits per heavy atom. The molecular weight excluding hydrogens is 412 g/mol. The van der Waals surface area contributed by atoms with Crippen LogP contribution in [0, 0.1) is 13.8 Å². The molecule has 3 rings (SSSR count). The van der Waals surface area contributed by atoms with E-state index >= 15 is 0 Å². The minimum Gasteiger partial charge on any atom is -0.324 e. The van der Waals surface area contributed by atoms with Gasteiger partial charge in [-0.25, -0.2) is 0 Å². The molecule has 33 heavy (non-hydrogen) atoms. The van der Waals surface area contributed by atoms with Crippen LogP contribution in [0.25, 0.3) is 0 Å². The molecule has 2 amide bonds. The van der Waals surface area contributed by atoms with Gasteiger partial charge in [0.2, 0.25) is 11.8 Å². The number of nitrogens with one attached hydrogen (secondary N) is 2. The Morgan fingerprint density at radius 3 is 2.18 bits per heavy atom. The van der Waals surface area contributed by atoms with Gasteiger partial charge in [-0.15, -0.1) is 0 Å². The molecule has 1 heterocycles. The Labute approximate surface area is 198 Å². The largest absolute Gasteiger partial charge is 0.324 e. The minimum atomic E-state index is -0.222. The van der Waals surface area contributed by atoms with Gasteiger partial charge in [-0.3, -0.25) is 19.4 Å². The number of hydrogen-bond donors (Lipinski definition) is 2. The lowest BCUT2D eigenvalue weighted by Crippen LogP contribution is -2.53. The van der Waals surface area contributed by atoms with Crippen LogP contribution in [0.3, 0.4) is 0 Å². The number of piperazine rings is 1. The first-order valence-corrected chi connectivity index (χ1v) is 12.0. The summed E-state index contributed by atoms with van der Waals surface area (Å²) in [5.74, 6) is 0.426. The normalized spacial score (nSPS) is 16.8. The van der Waals surface area contributed by atoms with Crippen molar-refractivity contribution in [3.8, 4) is 0 Å². The summed E-state index contributed by atoms with van der Waals surface area (Å²) in [5, 5.41) is 6.21. The Morgan fingerprint density at radius 1 is 0.909 bits per heavy atom. The standard InChI is InChI=1S/C27H38N4O2/c1-6-19(2)23-12-7-8-13-24(23)28-27(33)22(5)31-16-14-30(15-17-31)18-25(32)29-26-20(3)10-9-11-21(26)4/h7-13,19,22H,6,14-18H2,1-5H3,(H,28,33)(H,29,32)/t19-,22-/m1/s1. The number of amides is 2. The third-order valence-corrected chi connectivity index (χ3v) is 6.81. The molecule has 6 nitrogen and oxygen atoms in total. The smallest absolute Gasteiger partial charge is 0.241 e. The van der Waals surface area contributed by atoms with Gasteiger partial charge in [-0.05, 0) is 55.9 Å². The highest BCUT2D eigenvalue weighted by Gasteiger charge is 2.27. The molecule has 1 fully saturated rings. The van der Waals surface area contributed by atoms with Crippen LogP contribution in [0.5, 0.6) is 0 Å². The predicted molar refractivity (Wildman–Crippen MR) is 136 cm³/mol. The number of carbonyl (C=O) groups excluding carboxylic acids is 2. The maximum atomic E-state index is 13.0. The number of anilines is 2. The van der Waals surface area contributed by atoms with Crippen LogP contribution in [0.4, 0.5) is 11.4 Å². The molecule has 2 aromatic rings. The molecule has 1 aliphatic heterocycles. The van der Waals surface area contributed by atoms with E-state index in [1.807, 2.05) is 57.2 Å². The Hall–Kier alpha value is -2.70. The molecule has 2 N–H and O–H groups in total. The zero-order valence-electron chi connectivity index (χ0n) is 20.6. The average Bonchev–Trinajstić information content (AvgIpc) is 2.81. The summed E-state index contributed by atoms with van der Waals surface area (Å²) in [7, 11) is 0. The van der Waals surface area contributed by atoms with Crippen LogP contribution in [-0.4, -0.2) is 60.4 Å². The minimum absolute atomic E-state index is 0.00768. The molecule has 0 aromatic heterocycles. The second-order valence-corrected chi connectivity index (χ2v) is 9.19. The fraction of sp³-hybridized carbons (Fsp3) is 0.481. The highest BCUT2D eigenvalue weighted by atomic mass is 16.2. The van der Waals surface area contributed by atoms with Crippen molar-refractivity contribution in [3.63, 3.8) is 0 Å². The van der Waals surface area contributed by atoms with Crippen molar-refractivity contribution < 1.29 is 9.59 Å². The van der Waals surface area contributed by atoms with Crippen LogP contribution in [0.2, 0.25) is 0 Å². The molecule has 0 spiro atoms. The Balaban J connectivity index is 1.50. The van der Waals surface area contributed by atoms with E-state index in [1.54, 1.807) is 0 Å². The van der Waals surface area contributed by atoms with Crippen molar-refractivity contribution in [2.75, 3.05) is 43.4 Å². The summed E-state index contributed by atoms with van der Waals surface area (Å²) in [6.07, 6.45) is 1.03. The third kappa shape index (κ3) is 6.42. The molecule has 1 saturated heterocycles. The van der Waals surface area contributed by atoms with Crippen LogP contribution in [-0.2, 0) is 9.59 Å². The summed E-state index contributed by atoms with van der Waals surface area (Å²) in [4.78, 5) is 29.9. The summed E-state index contributed by atoms with van der Waals surface area (Å²) >= 11 is 0. The Kier molecular flexibility index (Phi) is 8.64. The van der Waals surface area contributed by atoms with Gasteiger partial charge in [0.15, 0.2) is 0 Å². The van der Waals surface area contributed by atoms with Gasteiger partial charge in [0, 0.05) is 37.6 Å². The molecule has 6 heteroatoms.